The zero-order chi connectivity index (χ0) is 10.8. The van der Waals surface area contributed by atoms with Crippen LogP contribution in [-0.2, 0) is 0 Å². The van der Waals surface area contributed by atoms with Crippen LogP contribution in [0.25, 0.3) is 10.9 Å². The number of hydrogen-bond acceptors (Lipinski definition) is 3. The van der Waals surface area contributed by atoms with Crippen molar-refractivity contribution >= 4 is 16.7 Å². The third kappa shape index (κ3) is 1.81. The van der Waals surface area contributed by atoms with Gasteiger partial charge >= 0.3 is 0 Å². The van der Waals surface area contributed by atoms with E-state index in [-0.39, 0.29) is 5.78 Å². The molecule has 0 unspecified atom stereocenters. The fourth-order valence-electron chi connectivity index (χ4n) is 1.43. The van der Waals surface area contributed by atoms with Crippen molar-refractivity contribution in [2.45, 2.75) is 6.92 Å². The molecule has 2 aromatic rings. The molecule has 0 fully saturated rings. The maximum absolute atomic E-state index is 11.2. The molecule has 0 aliphatic rings. The number of rotatable bonds is 2. The van der Waals surface area contributed by atoms with Crippen molar-refractivity contribution in [2.24, 2.45) is 0 Å². The van der Waals surface area contributed by atoms with Gasteiger partial charge in [-0.15, -0.1) is 0 Å². The summed E-state index contributed by atoms with van der Waals surface area (Å²) in [6, 6.07) is 7.42. The highest BCUT2D eigenvalue weighted by molar-refractivity contribution is 5.97. The summed E-state index contributed by atoms with van der Waals surface area (Å²) in [5.41, 5.74) is 1.48. The summed E-state index contributed by atoms with van der Waals surface area (Å²) in [6.07, 6.45) is 1.59. The van der Waals surface area contributed by atoms with Crippen LogP contribution in [0.5, 0.6) is 5.75 Å². The average molecular weight is 201 g/mol. The molecule has 0 spiro atoms. The van der Waals surface area contributed by atoms with Gasteiger partial charge in [-0.05, 0) is 31.2 Å². The molecule has 0 saturated carbocycles. The summed E-state index contributed by atoms with van der Waals surface area (Å²) in [5, 5.41) is 0.919. The Labute approximate surface area is 87.7 Å². The molecule has 0 saturated heterocycles. The first-order valence-electron chi connectivity index (χ1n) is 4.65. The topological polar surface area (TPSA) is 39.2 Å². The van der Waals surface area contributed by atoms with E-state index in [0.717, 1.165) is 16.7 Å². The molecule has 0 aliphatic carbocycles. The van der Waals surface area contributed by atoms with Crippen LogP contribution in [0.2, 0.25) is 0 Å². The number of fused-ring (bicyclic) bond motifs is 1. The van der Waals surface area contributed by atoms with Crippen molar-refractivity contribution in [3.63, 3.8) is 0 Å². The number of nitrogens with zero attached hydrogens (tertiary/aromatic N) is 1. The number of Topliss-reactive ketones (excluding diaryl/α,β-unsaturated/α-hetero) is 1. The van der Waals surface area contributed by atoms with Gasteiger partial charge in [-0.25, -0.2) is 0 Å². The van der Waals surface area contributed by atoms with E-state index >= 15 is 0 Å². The lowest BCUT2D eigenvalue weighted by Crippen LogP contribution is -1.93. The van der Waals surface area contributed by atoms with Crippen LogP contribution in [0.3, 0.4) is 0 Å². The lowest BCUT2D eigenvalue weighted by Gasteiger charge is -2.02. The second-order valence-corrected chi connectivity index (χ2v) is 3.34. The maximum Gasteiger partial charge on any atom is 0.161 e. The Hall–Kier alpha value is -1.90. The molecule has 0 atom stereocenters. The first-order valence-corrected chi connectivity index (χ1v) is 4.65. The van der Waals surface area contributed by atoms with Gasteiger partial charge in [0, 0.05) is 17.1 Å². The van der Waals surface area contributed by atoms with Gasteiger partial charge in [-0.3, -0.25) is 9.78 Å². The van der Waals surface area contributed by atoms with Crippen LogP contribution in [0, 0.1) is 0 Å². The molecule has 0 amide bonds. The number of ether oxygens (including phenoxy) is 1. The van der Waals surface area contributed by atoms with Crippen LogP contribution >= 0.6 is 0 Å². The highest BCUT2D eigenvalue weighted by atomic mass is 16.5. The summed E-state index contributed by atoms with van der Waals surface area (Å²) < 4.78 is 5.11. The zero-order valence-electron chi connectivity index (χ0n) is 8.65. The minimum atomic E-state index is 0.0206. The van der Waals surface area contributed by atoms with Gasteiger partial charge in [0.1, 0.15) is 5.75 Å². The van der Waals surface area contributed by atoms with E-state index in [9.17, 15) is 4.79 Å². The molecule has 1 aromatic heterocycles. The number of ketones is 1. The summed E-state index contributed by atoms with van der Waals surface area (Å²) in [5.74, 6) is 0.789. The van der Waals surface area contributed by atoms with Crippen LogP contribution in [0.4, 0.5) is 0 Å². The molecule has 0 aliphatic heterocycles. The van der Waals surface area contributed by atoms with Crippen LogP contribution in [0.15, 0.2) is 30.5 Å². The van der Waals surface area contributed by atoms with E-state index in [0.29, 0.717) is 5.56 Å². The number of hydrogen-bond donors (Lipinski definition) is 0. The fourth-order valence-corrected chi connectivity index (χ4v) is 1.43. The molecule has 3 heteroatoms. The van der Waals surface area contributed by atoms with E-state index in [1.807, 2.05) is 24.3 Å². The van der Waals surface area contributed by atoms with Gasteiger partial charge in [0.15, 0.2) is 5.78 Å². The number of carbonyl (C=O) groups is 1. The second kappa shape index (κ2) is 3.69. The van der Waals surface area contributed by atoms with E-state index in [1.165, 1.54) is 6.92 Å². The van der Waals surface area contributed by atoms with Gasteiger partial charge in [0.2, 0.25) is 0 Å². The maximum atomic E-state index is 11.2. The molecule has 3 nitrogen and oxygen atoms in total. The molecular weight excluding hydrogens is 190 g/mol. The monoisotopic (exact) mass is 201 g/mol. The molecule has 76 valence electrons. The predicted octanol–water partition coefficient (Wildman–Crippen LogP) is 2.45. The van der Waals surface area contributed by atoms with Crippen molar-refractivity contribution in [1.82, 2.24) is 4.98 Å². The van der Waals surface area contributed by atoms with E-state index in [2.05, 4.69) is 4.98 Å². The molecule has 15 heavy (non-hydrogen) atoms. The second-order valence-electron chi connectivity index (χ2n) is 3.34. The highest BCUT2D eigenvalue weighted by Gasteiger charge is 2.02. The Morgan fingerprint density at radius 3 is 2.80 bits per heavy atom. The average Bonchev–Trinajstić information content (AvgIpc) is 2.27. The van der Waals surface area contributed by atoms with E-state index in [1.54, 1.807) is 13.3 Å². The number of benzene rings is 1. The first kappa shape index (κ1) is 9.65. The van der Waals surface area contributed by atoms with Crippen molar-refractivity contribution in [3.05, 3.63) is 36.0 Å². The zero-order valence-corrected chi connectivity index (χ0v) is 8.65. The summed E-state index contributed by atoms with van der Waals surface area (Å²) in [7, 11) is 1.61. The molecule has 0 bridgehead atoms. The Kier molecular flexibility index (Phi) is 2.37. The smallest absolute Gasteiger partial charge is 0.161 e. The van der Waals surface area contributed by atoms with E-state index < -0.39 is 0 Å². The third-order valence-electron chi connectivity index (χ3n) is 2.29. The molecule has 0 radical (unpaired) electrons. The molecule has 1 heterocycles. The molecule has 2 rings (SSSR count). The minimum absolute atomic E-state index is 0.0206. The van der Waals surface area contributed by atoms with Gasteiger partial charge in [0.25, 0.3) is 0 Å². The Morgan fingerprint density at radius 1 is 1.33 bits per heavy atom. The number of aromatic nitrogens is 1. The number of carbonyl (C=O) groups excluding carboxylic acids is 1. The minimum Gasteiger partial charge on any atom is -0.497 e. The highest BCUT2D eigenvalue weighted by Crippen LogP contribution is 2.19. The first-order chi connectivity index (χ1) is 7.20. The summed E-state index contributed by atoms with van der Waals surface area (Å²) in [6.45, 7) is 1.53. The van der Waals surface area contributed by atoms with Gasteiger partial charge in [-0.1, -0.05) is 0 Å². The fraction of sp³-hybridized carbons (Fsp3) is 0.167. The lowest BCUT2D eigenvalue weighted by atomic mass is 10.1. The van der Waals surface area contributed by atoms with Crippen LogP contribution in [-0.4, -0.2) is 17.9 Å². The van der Waals surface area contributed by atoms with Crippen molar-refractivity contribution in [3.8, 4) is 5.75 Å². The summed E-state index contributed by atoms with van der Waals surface area (Å²) in [4.78, 5) is 15.4. The normalized spacial score (nSPS) is 10.3. The Bertz CT molecular complexity index is 520. The molecule has 1 aromatic carbocycles. The Morgan fingerprint density at radius 2 is 2.13 bits per heavy atom. The van der Waals surface area contributed by atoms with Crippen LogP contribution in [0.1, 0.15) is 17.3 Å². The predicted molar refractivity (Wildman–Crippen MR) is 58.3 cm³/mol. The standard InChI is InChI=1S/C12H11NO2/c1-8(14)10-5-9-6-11(15-2)3-4-12(9)13-7-10/h3-7H,1-2H3. The third-order valence-corrected chi connectivity index (χ3v) is 2.29. The van der Waals surface area contributed by atoms with Gasteiger partial charge in [-0.2, -0.15) is 0 Å². The quantitative estimate of drug-likeness (QED) is 0.700. The SMILES string of the molecule is COc1ccc2ncc(C(C)=O)cc2c1. The number of pyridine rings is 1. The van der Waals surface area contributed by atoms with Crippen molar-refractivity contribution in [1.29, 1.82) is 0 Å². The van der Waals surface area contributed by atoms with Crippen LogP contribution < -0.4 is 4.74 Å². The van der Waals surface area contributed by atoms with Gasteiger partial charge in [0.05, 0.1) is 12.6 Å². The largest absolute Gasteiger partial charge is 0.497 e. The van der Waals surface area contributed by atoms with Crippen molar-refractivity contribution in [2.75, 3.05) is 7.11 Å². The Balaban J connectivity index is 2.62. The van der Waals surface area contributed by atoms with E-state index in [4.69, 9.17) is 4.74 Å². The lowest BCUT2D eigenvalue weighted by molar-refractivity contribution is 0.101. The van der Waals surface area contributed by atoms with Crippen molar-refractivity contribution < 1.29 is 9.53 Å². The molecular formula is C12H11NO2. The summed E-state index contributed by atoms with van der Waals surface area (Å²) >= 11 is 0. The molecule has 0 N–H and O–H groups in total. The number of methoxy groups -OCH3 is 1. The van der Waals surface area contributed by atoms with Gasteiger partial charge < -0.3 is 4.74 Å².